The van der Waals surface area contributed by atoms with Crippen LogP contribution >= 0.6 is 23.2 Å². The first-order chi connectivity index (χ1) is 11.7. The van der Waals surface area contributed by atoms with Crippen LogP contribution in [0.3, 0.4) is 0 Å². The number of hydrogen-bond acceptors (Lipinski definition) is 5. The Kier molecular flexibility index (Phi) is 6.06. The first-order valence-corrected chi connectivity index (χ1v) is 8.08. The second-order valence-electron chi connectivity index (χ2n) is 5.55. The first kappa shape index (κ1) is 19.2. The Balaban J connectivity index is 2.14. The molecule has 5 nitrogen and oxygen atoms in total. The molecule has 0 aliphatic carbocycles. The molecule has 0 aliphatic rings. The second kappa shape index (κ2) is 7.87. The van der Waals surface area contributed by atoms with Crippen molar-refractivity contribution in [1.82, 2.24) is 0 Å². The van der Waals surface area contributed by atoms with Gasteiger partial charge in [-0.25, -0.2) is 0 Å². The van der Waals surface area contributed by atoms with Crippen LogP contribution in [-0.4, -0.2) is 21.8 Å². The molecular weight excluding hydrogens is 367 g/mol. The number of rotatable bonds is 6. The molecule has 2 N–H and O–H groups in total. The average molecular weight is 383 g/mol. The smallest absolute Gasteiger partial charge is 0.163 e. The van der Waals surface area contributed by atoms with Gasteiger partial charge in [-0.1, -0.05) is 23.2 Å². The third kappa shape index (κ3) is 4.51. The molecule has 2 aromatic carbocycles. The number of halogens is 2. The Bertz CT molecular complexity index is 776. The summed E-state index contributed by atoms with van der Waals surface area (Å²) in [5.41, 5.74) is 1.48. The van der Waals surface area contributed by atoms with Crippen molar-refractivity contribution in [3.63, 3.8) is 0 Å². The van der Waals surface area contributed by atoms with Gasteiger partial charge in [-0.3, -0.25) is 9.59 Å². The van der Waals surface area contributed by atoms with Gasteiger partial charge in [0.2, 0.25) is 0 Å². The van der Waals surface area contributed by atoms with E-state index in [9.17, 15) is 19.8 Å². The summed E-state index contributed by atoms with van der Waals surface area (Å²) < 4.78 is 5.56. The van der Waals surface area contributed by atoms with Crippen LogP contribution in [0.15, 0.2) is 24.3 Å². The summed E-state index contributed by atoms with van der Waals surface area (Å²) in [7, 11) is 0. The molecule has 2 rings (SSSR count). The van der Waals surface area contributed by atoms with Crippen LogP contribution in [0.5, 0.6) is 11.5 Å². The van der Waals surface area contributed by atoms with Crippen molar-refractivity contribution in [2.45, 2.75) is 27.1 Å². The maximum atomic E-state index is 11.5. The molecule has 2 aromatic rings. The highest BCUT2D eigenvalue weighted by Crippen LogP contribution is 2.31. The zero-order chi connectivity index (χ0) is 18.7. The van der Waals surface area contributed by atoms with Crippen molar-refractivity contribution in [3.05, 3.63) is 56.6 Å². The van der Waals surface area contributed by atoms with E-state index in [1.54, 1.807) is 0 Å². The maximum Gasteiger partial charge on any atom is 0.163 e. The minimum Gasteiger partial charge on any atom is -0.506 e. The highest BCUT2D eigenvalue weighted by Gasteiger charge is 2.14. The Labute approximate surface area is 154 Å². The summed E-state index contributed by atoms with van der Waals surface area (Å²) in [6, 6.07) is 6.03. The number of carbonyl (C=O) groups is 2. The number of benzene rings is 2. The minimum absolute atomic E-state index is 0.0674. The zero-order valence-electron chi connectivity index (χ0n) is 13.6. The van der Waals surface area contributed by atoms with E-state index in [-0.39, 0.29) is 57.5 Å². The quantitative estimate of drug-likeness (QED) is 0.717. The van der Waals surface area contributed by atoms with Crippen molar-refractivity contribution in [3.8, 4) is 11.5 Å². The highest BCUT2D eigenvalue weighted by molar-refractivity contribution is 6.33. The van der Waals surface area contributed by atoms with E-state index in [0.29, 0.717) is 11.1 Å². The molecule has 0 fully saturated rings. The second-order valence-corrected chi connectivity index (χ2v) is 6.37. The van der Waals surface area contributed by atoms with E-state index in [2.05, 4.69) is 0 Å². The van der Waals surface area contributed by atoms with Gasteiger partial charge in [0, 0.05) is 0 Å². The van der Waals surface area contributed by atoms with Gasteiger partial charge in [0.25, 0.3) is 0 Å². The molecule has 0 unspecified atom stereocenters. The largest absolute Gasteiger partial charge is 0.506 e. The van der Waals surface area contributed by atoms with Crippen molar-refractivity contribution < 1.29 is 24.5 Å². The Morgan fingerprint density at radius 2 is 1.20 bits per heavy atom. The number of phenolic OH excluding ortho intramolecular Hbond substituents is 2. The summed E-state index contributed by atoms with van der Waals surface area (Å²) in [6.07, 6.45) is 0. The molecule has 0 amide bonds. The van der Waals surface area contributed by atoms with Crippen LogP contribution in [-0.2, 0) is 18.0 Å². The fourth-order valence-electron chi connectivity index (χ4n) is 2.30. The summed E-state index contributed by atoms with van der Waals surface area (Å²) in [5.74, 6) is -1.13. The van der Waals surface area contributed by atoms with Crippen LogP contribution in [0.2, 0.25) is 10.0 Å². The average Bonchev–Trinajstić information content (AvgIpc) is 2.53. The number of ether oxygens (including phenoxy) is 1. The third-order valence-corrected chi connectivity index (χ3v) is 4.12. The lowest BCUT2D eigenvalue weighted by Crippen LogP contribution is -2.00. The first-order valence-electron chi connectivity index (χ1n) is 7.33. The standard InChI is InChI=1S/C18H16Cl2O5/c1-9(21)13-3-11(5-15(19)17(13)23)7-25-8-12-4-14(10(2)22)18(24)16(20)6-12/h3-6,23-24H,7-8H2,1-2H3. The number of carbonyl (C=O) groups excluding carboxylic acids is 2. The van der Waals surface area contributed by atoms with Gasteiger partial charge in [-0.15, -0.1) is 0 Å². The van der Waals surface area contributed by atoms with Crippen LogP contribution in [0.1, 0.15) is 45.7 Å². The van der Waals surface area contributed by atoms with Crippen molar-refractivity contribution >= 4 is 34.8 Å². The van der Waals surface area contributed by atoms with E-state index in [1.165, 1.54) is 38.1 Å². The number of hydrogen-bond donors (Lipinski definition) is 2. The van der Waals surface area contributed by atoms with E-state index < -0.39 is 0 Å². The summed E-state index contributed by atoms with van der Waals surface area (Å²) in [6.45, 7) is 2.93. The van der Waals surface area contributed by atoms with Crippen molar-refractivity contribution in [2.24, 2.45) is 0 Å². The molecule has 0 saturated carbocycles. The van der Waals surface area contributed by atoms with E-state index in [1.807, 2.05) is 0 Å². The van der Waals surface area contributed by atoms with E-state index in [0.717, 1.165) is 0 Å². The summed E-state index contributed by atoms with van der Waals surface area (Å²) >= 11 is 11.8. The monoisotopic (exact) mass is 382 g/mol. The van der Waals surface area contributed by atoms with Gasteiger partial charge in [0.05, 0.1) is 34.4 Å². The summed E-state index contributed by atoms with van der Waals surface area (Å²) in [5, 5.41) is 19.7. The molecule has 7 heteroatoms. The molecule has 0 radical (unpaired) electrons. The fraction of sp³-hybridized carbons (Fsp3) is 0.222. The lowest BCUT2D eigenvalue weighted by Gasteiger charge is -2.10. The molecule has 132 valence electrons. The molecule has 0 aromatic heterocycles. The molecule has 0 aliphatic heterocycles. The topological polar surface area (TPSA) is 83.8 Å². The Morgan fingerprint density at radius 3 is 1.52 bits per heavy atom. The fourth-order valence-corrected chi connectivity index (χ4v) is 2.78. The number of aromatic hydroxyl groups is 2. The normalized spacial score (nSPS) is 10.7. The molecule has 0 saturated heterocycles. The van der Waals surface area contributed by atoms with Gasteiger partial charge in [-0.2, -0.15) is 0 Å². The minimum atomic E-state index is -0.308. The summed E-state index contributed by atoms with van der Waals surface area (Å²) in [4.78, 5) is 23.0. The number of phenols is 2. The van der Waals surface area contributed by atoms with Gasteiger partial charge in [-0.05, 0) is 49.2 Å². The zero-order valence-corrected chi connectivity index (χ0v) is 15.1. The highest BCUT2D eigenvalue weighted by atomic mass is 35.5. The maximum absolute atomic E-state index is 11.5. The molecular formula is C18H16Cl2O5. The molecule has 0 bridgehead atoms. The van der Waals surface area contributed by atoms with E-state index in [4.69, 9.17) is 27.9 Å². The lowest BCUT2D eigenvalue weighted by atomic mass is 10.1. The van der Waals surface area contributed by atoms with Crippen LogP contribution < -0.4 is 0 Å². The van der Waals surface area contributed by atoms with Gasteiger partial charge in [0.1, 0.15) is 11.5 Å². The molecule has 0 spiro atoms. The van der Waals surface area contributed by atoms with E-state index >= 15 is 0 Å². The van der Waals surface area contributed by atoms with Crippen LogP contribution in [0, 0.1) is 0 Å². The third-order valence-electron chi connectivity index (χ3n) is 3.54. The molecule has 0 heterocycles. The van der Waals surface area contributed by atoms with Gasteiger partial charge in [0.15, 0.2) is 11.6 Å². The number of ketones is 2. The van der Waals surface area contributed by atoms with Crippen molar-refractivity contribution in [1.29, 1.82) is 0 Å². The predicted octanol–water partition coefficient (Wildman–Crippen LogP) is 4.53. The Morgan fingerprint density at radius 1 is 0.840 bits per heavy atom. The van der Waals surface area contributed by atoms with Crippen LogP contribution in [0.25, 0.3) is 0 Å². The van der Waals surface area contributed by atoms with Gasteiger partial charge < -0.3 is 14.9 Å². The van der Waals surface area contributed by atoms with Gasteiger partial charge >= 0.3 is 0 Å². The molecule has 25 heavy (non-hydrogen) atoms. The Hall–Kier alpha value is -2.08. The van der Waals surface area contributed by atoms with Crippen LogP contribution in [0.4, 0.5) is 0 Å². The van der Waals surface area contributed by atoms with Crippen molar-refractivity contribution in [2.75, 3.05) is 0 Å². The lowest BCUT2D eigenvalue weighted by molar-refractivity contribution is 0.100. The SMILES string of the molecule is CC(=O)c1cc(COCc2cc(Cl)c(O)c(C(C)=O)c2)cc(Cl)c1O. The molecule has 0 atom stereocenters. The number of Topliss-reactive ketones (excluding diaryl/α,β-unsaturated/α-hetero) is 2. The predicted molar refractivity (Wildman–Crippen MR) is 94.7 cm³/mol.